The summed E-state index contributed by atoms with van der Waals surface area (Å²) in [6.07, 6.45) is 0. The van der Waals surface area contributed by atoms with Crippen LogP contribution in [0.3, 0.4) is 0 Å². The third-order valence-corrected chi connectivity index (χ3v) is 6.38. The number of aromatic nitrogens is 2. The Bertz CT molecular complexity index is 1350. The Morgan fingerprint density at radius 3 is 2.38 bits per heavy atom. The molecule has 1 atom stereocenters. The number of H-pyrrole nitrogens is 1. The molecule has 0 bridgehead atoms. The van der Waals surface area contributed by atoms with Crippen molar-refractivity contribution in [1.29, 1.82) is 5.26 Å². The molecule has 2 aliphatic heterocycles. The van der Waals surface area contributed by atoms with Gasteiger partial charge in [-0.2, -0.15) is 5.26 Å². The summed E-state index contributed by atoms with van der Waals surface area (Å²) in [5, 5.41) is 17.4. The number of nitriles is 1. The van der Waals surface area contributed by atoms with Crippen molar-refractivity contribution < 1.29 is 28.4 Å². The van der Waals surface area contributed by atoms with Crippen molar-refractivity contribution in [1.82, 2.24) is 10.2 Å². The molecule has 0 saturated carbocycles. The lowest BCUT2D eigenvalue weighted by atomic mass is 9.83. The third kappa shape index (κ3) is 3.26. The predicted molar refractivity (Wildman–Crippen MR) is 123 cm³/mol. The number of hydrogen-bond donors (Lipinski definition) is 2. The number of aromatic amines is 1. The molecule has 2 aromatic carbocycles. The number of rotatable bonds is 5. The van der Waals surface area contributed by atoms with Crippen LogP contribution in [0, 0.1) is 11.3 Å². The molecule has 3 heterocycles. The van der Waals surface area contributed by atoms with Crippen LogP contribution >= 0.6 is 15.9 Å². The number of allylic oxidation sites excluding steroid dienone is 1. The fourth-order valence-corrected chi connectivity index (χ4v) is 4.71. The van der Waals surface area contributed by atoms with Crippen molar-refractivity contribution in [2.45, 2.75) is 5.92 Å². The maximum atomic E-state index is 10.0. The summed E-state index contributed by atoms with van der Waals surface area (Å²) in [6.45, 7) is 0.121. The number of nitrogens with zero attached hydrogens (tertiary/aromatic N) is 2. The zero-order valence-electron chi connectivity index (χ0n) is 18.4. The second-order valence-corrected chi connectivity index (χ2v) is 8.24. The summed E-state index contributed by atoms with van der Waals surface area (Å²) < 4.78 is 33.9. The van der Waals surface area contributed by atoms with Crippen molar-refractivity contribution in [3.8, 4) is 52.0 Å². The second kappa shape index (κ2) is 8.39. The molecule has 34 heavy (non-hydrogen) atoms. The van der Waals surface area contributed by atoms with Crippen LogP contribution in [0.1, 0.15) is 17.0 Å². The molecular formula is C23H19BrN4O6. The lowest BCUT2D eigenvalue weighted by Gasteiger charge is -2.25. The van der Waals surface area contributed by atoms with Gasteiger partial charge in [-0.25, -0.2) is 0 Å². The van der Waals surface area contributed by atoms with E-state index in [1.165, 1.54) is 21.3 Å². The minimum Gasteiger partial charge on any atom is -0.493 e. The summed E-state index contributed by atoms with van der Waals surface area (Å²) in [6, 6.07) is 9.39. The number of methoxy groups -OCH3 is 3. The summed E-state index contributed by atoms with van der Waals surface area (Å²) in [5.41, 5.74) is 9.01. The average molecular weight is 527 g/mol. The summed E-state index contributed by atoms with van der Waals surface area (Å²) in [7, 11) is 4.61. The van der Waals surface area contributed by atoms with E-state index in [9.17, 15) is 5.26 Å². The van der Waals surface area contributed by atoms with Crippen LogP contribution in [-0.2, 0) is 0 Å². The fraction of sp³-hybridized carbons (Fsp3) is 0.217. The number of fused-ring (bicyclic) bond motifs is 2. The molecule has 11 heteroatoms. The van der Waals surface area contributed by atoms with Crippen LogP contribution in [0.25, 0.3) is 11.3 Å². The van der Waals surface area contributed by atoms with Gasteiger partial charge in [0.1, 0.15) is 11.6 Å². The van der Waals surface area contributed by atoms with E-state index in [0.29, 0.717) is 50.0 Å². The molecule has 174 valence electrons. The van der Waals surface area contributed by atoms with E-state index in [-0.39, 0.29) is 24.1 Å². The molecule has 0 unspecified atom stereocenters. The lowest BCUT2D eigenvalue weighted by molar-refractivity contribution is 0.174. The van der Waals surface area contributed by atoms with Crippen LogP contribution in [0.15, 0.2) is 40.2 Å². The van der Waals surface area contributed by atoms with Crippen molar-refractivity contribution in [2.24, 2.45) is 5.73 Å². The quantitative estimate of drug-likeness (QED) is 0.508. The number of hydrogen-bond acceptors (Lipinski definition) is 9. The fourth-order valence-electron chi connectivity index (χ4n) is 4.16. The average Bonchev–Trinajstić information content (AvgIpc) is 3.48. The topological polar surface area (TPSA) is 134 Å². The molecule has 0 amide bonds. The molecular weight excluding hydrogens is 508 g/mol. The number of benzene rings is 2. The normalized spacial score (nSPS) is 15.9. The Morgan fingerprint density at radius 1 is 1.09 bits per heavy atom. The van der Waals surface area contributed by atoms with Crippen LogP contribution in [0.4, 0.5) is 0 Å². The van der Waals surface area contributed by atoms with E-state index >= 15 is 0 Å². The second-order valence-electron chi connectivity index (χ2n) is 7.38. The zero-order valence-corrected chi connectivity index (χ0v) is 20.0. The van der Waals surface area contributed by atoms with Crippen LogP contribution in [-0.4, -0.2) is 38.3 Å². The van der Waals surface area contributed by atoms with E-state index in [4.69, 9.17) is 34.2 Å². The highest BCUT2D eigenvalue weighted by atomic mass is 79.9. The minimum atomic E-state index is -0.606. The number of ether oxygens (including phenoxy) is 6. The van der Waals surface area contributed by atoms with Gasteiger partial charge >= 0.3 is 0 Å². The molecule has 1 aromatic heterocycles. The monoisotopic (exact) mass is 526 g/mol. The molecule has 10 nitrogen and oxygen atoms in total. The van der Waals surface area contributed by atoms with E-state index in [1.807, 2.05) is 6.07 Å². The molecule has 0 spiro atoms. The molecule has 0 saturated heterocycles. The third-order valence-electron chi connectivity index (χ3n) is 5.70. The highest BCUT2D eigenvalue weighted by molar-refractivity contribution is 9.10. The number of nitrogens with one attached hydrogen (secondary N) is 1. The van der Waals surface area contributed by atoms with Crippen LogP contribution in [0.5, 0.6) is 34.6 Å². The van der Waals surface area contributed by atoms with Crippen LogP contribution < -0.4 is 34.2 Å². The van der Waals surface area contributed by atoms with Gasteiger partial charge in [0, 0.05) is 10.0 Å². The van der Waals surface area contributed by atoms with Gasteiger partial charge in [0.05, 0.1) is 38.5 Å². The number of nitrogens with two attached hydrogens (primary N) is 1. The molecule has 3 N–H and O–H groups in total. The van der Waals surface area contributed by atoms with Gasteiger partial charge in [-0.3, -0.25) is 5.10 Å². The highest BCUT2D eigenvalue weighted by Gasteiger charge is 2.38. The first-order chi connectivity index (χ1) is 16.5. The van der Waals surface area contributed by atoms with Crippen molar-refractivity contribution in [2.75, 3.05) is 28.1 Å². The van der Waals surface area contributed by atoms with Gasteiger partial charge in [0.2, 0.25) is 24.3 Å². The van der Waals surface area contributed by atoms with Gasteiger partial charge in [-0.1, -0.05) is 15.9 Å². The maximum absolute atomic E-state index is 10.0. The molecule has 0 aliphatic carbocycles. The van der Waals surface area contributed by atoms with E-state index < -0.39 is 5.92 Å². The van der Waals surface area contributed by atoms with E-state index in [2.05, 4.69) is 32.2 Å². The molecule has 0 fully saturated rings. The van der Waals surface area contributed by atoms with E-state index in [0.717, 1.165) is 5.56 Å². The molecule has 2 aliphatic rings. The highest BCUT2D eigenvalue weighted by Crippen LogP contribution is 2.51. The molecule has 0 radical (unpaired) electrons. The molecule has 5 rings (SSSR count). The summed E-state index contributed by atoms with van der Waals surface area (Å²) in [5.74, 6) is 2.19. The Labute approximate surface area is 202 Å². The Morgan fingerprint density at radius 2 is 1.76 bits per heavy atom. The molecule has 3 aromatic rings. The van der Waals surface area contributed by atoms with Gasteiger partial charge < -0.3 is 34.2 Å². The van der Waals surface area contributed by atoms with Crippen molar-refractivity contribution in [3.63, 3.8) is 0 Å². The first-order valence-corrected chi connectivity index (χ1v) is 10.8. The SMILES string of the molecule is COc1cc(-c2[nH]nc3c2[C@H](c2cc4c(cc2Br)OCO4)C(C#N)=C(N)O3)cc(OC)c1OC. The Kier molecular flexibility index (Phi) is 5.37. The summed E-state index contributed by atoms with van der Waals surface area (Å²) >= 11 is 3.61. The smallest absolute Gasteiger partial charge is 0.244 e. The van der Waals surface area contributed by atoms with E-state index in [1.54, 1.807) is 18.2 Å². The van der Waals surface area contributed by atoms with Gasteiger partial charge in [-0.15, -0.1) is 5.10 Å². The van der Waals surface area contributed by atoms with Crippen molar-refractivity contribution in [3.05, 3.63) is 51.3 Å². The zero-order chi connectivity index (χ0) is 24.0. The first-order valence-electron chi connectivity index (χ1n) is 10.1. The largest absolute Gasteiger partial charge is 0.493 e. The standard InChI is InChI=1S/C23H19BrN4O6/c1-29-16-4-10(5-17(30-2)21(16)31-3)20-19-18(12(8-25)22(26)34-23(19)28-27-20)11-6-14-15(7-13(11)24)33-9-32-14/h4-7,18H,9,26H2,1-3H3,(H,27,28)/t18-/m1/s1. The predicted octanol–water partition coefficient (Wildman–Crippen LogP) is 3.81. The minimum absolute atomic E-state index is 0.0208. The maximum Gasteiger partial charge on any atom is 0.244 e. The van der Waals surface area contributed by atoms with Crippen LogP contribution in [0.2, 0.25) is 0 Å². The van der Waals surface area contributed by atoms with Gasteiger partial charge in [0.25, 0.3) is 0 Å². The summed E-state index contributed by atoms with van der Waals surface area (Å²) in [4.78, 5) is 0. The van der Waals surface area contributed by atoms with Crippen molar-refractivity contribution >= 4 is 15.9 Å². The Balaban J connectivity index is 1.75. The first kappa shape index (κ1) is 21.8. The Hall–Kier alpha value is -4.04. The van der Waals surface area contributed by atoms with Gasteiger partial charge in [0.15, 0.2) is 23.0 Å². The lowest BCUT2D eigenvalue weighted by Crippen LogP contribution is -2.21. The number of halogens is 1. The van der Waals surface area contributed by atoms with Gasteiger partial charge in [-0.05, 0) is 29.8 Å².